The lowest BCUT2D eigenvalue weighted by molar-refractivity contribution is -0.140. The Kier molecular flexibility index (Phi) is 5.94. The minimum absolute atomic E-state index is 0.0545. The van der Waals surface area contributed by atoms with E-state index in [0.29, 0.717) is 24.3 Å². The van der Waals surface area contributed by atoms with Crippen molar-refractivity contribution < 1.29 is 22.8 Å². The summed E-state index contributed by atoms with van der Waals surface area (Å²) in [6.07, 6.45) is 1.35. The summed E-state index contributed by atoms with van der Waals surface area (Å²) >= 11 is 0. The average molecular weight is 509 g/mol. The van der Waals surface area contributed by atoms with Crippen molar-refractivity contribution in [3.63, 3.8) is 0 Å². The van der Waals surface area contributed by atoms with Crippen molar-refractivity contribution in [2.75, 3.05) is 16.8 Å². The van der Waals surface area contributed by atoms with E-state index in [-0.39, 0.29) is 29.6 Å². The van der Waals surface area contributed by atoms with Gasteiger partial charge in [0.05, 0.1) is 47.5 Å². The van der Waals surface area contributed by atoms with Crippen LogP contribution in [0.5, 0.6) is 0 Å². The highest BCUT2D eigenvalue weighted by molar-refractivity contribution is 6.04. The van der Waals surface area contributed by atoms with E-state index in [1.165, 1.54) is 11.0 Å². The van der Waals surface area contributed by atoms with Crippen molar-refractivity contribution in [1.29, 1.82) is 5.26 Å². The van der Waals surface area contributed by atoms with Crippen molar-refractivity contribution in [2.24, 2.45) is 11.3 Å². The monoisotopic (exact) mass is 509 g/mol. The van der Waals surface area contributed by atoms with Gasteiger partial charge in [-0.2, -0.15) is 23.5 Å². The third-order valence-corrected chi connectivity index (χ3v) is 6.49. The molecule has 1 saturated heterocycles. The number of amides is 2. The van der Waals surface area contributed by atoms with Crippen LogP contribution in [0.3, 0.4) is 0 Å². The highest BCUT2D eigenvalue weighted by atomic mass is 19.4. The zero-order valence-electron chi connectivity index (χ0n) is 19.8. The Morgan fingerprint density at radius 3 is 2.73 bits per heavy atom. The Labute approximate surface area is 209 Å². The Morgan fingerprint density at radius 2 is 2.08 bits per heavy atom. The zero-order valence-corrected chi connectivity index (χ0v) is 19.8. The lowest BCUT2D eigenvalue weighted by atomic mass is 10.1. The second-order valence-corrected chi connectivity index (χ2v) is 9.58. The maximum absolute atomic E-state index is 13.6. The Bertz CT molecular complexity index is 1420. The van der Waals surface area contributed by atoms with Crippen LogP contribution in [-0.2, 0) is 17.5 Å². The number of carbonyl (C=O) groups is 2. The van der Waals surface area contributed by atoms with Crippen molar-refractivity contribution in [3.8, 4) is 17.3 Å². The molecule has 2 fully saturated rings. The number of hydrogen-bond acceptors (Lipinski definition) is 6. The van der Waals surface area contributed by atoms with Gasteiger partial charge in [-0.3, -0.25) is 14.3 Å². The molecule has 9 nitrogen and oxygen atoms in total. The maximum atomic E-state index is 13.6. The number of carbonyl (C=O) groups excluding carboxylic acids is 2. The van der Waals surface area contributed by atoms with Gasteiger partial charge < -0.3 is 10.2 Å². The number of nitrogens with one attached hydrogen (secondary N) is 1. The summed E-state index contributed by atoms with van der Waals surface area (Å²) < 4.78 is 42.6. The Hall–Kier alpha value is -4.27. The van der Waals surface area contributed by atoms with Gasteiger partial charge in [-0.25, -0.2) is 9.97 Å². The van der Waals surface area contributed by atoms with Crippen LogP contribution in [-0.4, -0.2) is 38.1 Å². The average Bonchev–Trinajstić information content (AvgIpc) is 3.32. The highest BCUT2D eigenvalue weighted by Gasteiger charge is 2.43. The van der Waals surface area contributed by atoms with Crippen molar-refractivity contribution in [1.82, 2.24) is 19.7 Å². The van der Waals surface area contributed by atoms with Crippen molar-refractivity contribution in [3.05, 3.63) is 54.2 Å². The predicted molar refractivity (Wildman–Crippen MR) is 126 cm³/mol. The van der Waals surface area contributed by atoms with Gasteiger partial charge in [0.2, 0.25) is 5.91 Å². The summed E-state index contributed by atoms with van der Waals surface area (Å²) in [6.45, 7) is 2.67. The molecule has 1 aliphatic heterocycles. The van der Waals surface area contributed by atoms with E-state index in [1.807, 2.05) is 6.92 Å². The molecule has 0 bridgehead atoms. The molecule has 0 spiro atoms. The minimum atomic E-state index is -4.82. The molecule has 2 amide bonds. The van der Waals surface area contributed by atoms with E-state index in [0.717, 1.165) is 25.1 Å². The zero-order chi connectivity index (χ0) is 26.4. The molecule has 0 aromatic carbocycles. The molecule has 1 N–H and O–H groups in total. The summed E-state index contributed by atoms with van der Waals surface area (Å²) in [5, 5.41) is 15.8. The number of hydrogen-bond donors (Lipinski definition) is 1. The number of alkyl halides is 3. The van der Waals surface area contributed by atoms with Crippen LogP contribution in [0.15, 0.2) is 42.9 Å². The quantitative estimate of drug-likeness (QED) is 0.530. The van der Waals surface area contributed by atoms with E-state index >= 15 is 0 Å². The molecule has 1 saturated carbocycles. The minimum Gasteiger partial charge on any atom is -0.319 e. The second-order valence-electron chi connectivity index (χ2n) is 9.58. The number of pyridine rings is 2. The molecular weight excluding hydrogens is 487 g/mol. The van der Waals surface area contributed by atoms with Gasteiger partial charge in [0.15, 0.2) is 5.69 Å². The van der Waals surface area contributed by atoms with E-state index in [9.17, 15) is 28.0 Å². The normalized spacial score (nSPS) is 18.5. The third kappa shape index (κ3) is 5.02. The van der Waals surface area contributed by atoms with Gasteiger partial charge in [-0.05, 0) is 37.0 Å². The summed E-state index contributed by atoms with van der Waals surface area (Å²) in [7, 11) is 0. The Morgan fingerprint density at radius 1 is 1.30 bits per heavy atom. The number of anilines is 2. The molecule has 1 aliphatic carbocycles. The Balaban J connectivity index is 1.39. The summed E-state index contributed by atoms with van der Waals surface area (Å²) in [5.41, 5.74) is -1.15. The number of rotatable bonds is 6. The first-order chi connectivity index (χ1) is 17.6. The first kappa shape index (κ1) is 24.4. The number of nitrogens with zero attached hydrogens (tertiary/aromatic N) is 6. The van der Waals surface area contributed by atoms with Gasteiger partial charge >= 0.3 is 6.18 Å². The van der Waals surface area contributed by atoms with E-state index < -0.39 is 28.9 Å². The van der Waals surface area contributed by atoms with E-state index in [2.05, 4.69) is 26.5 Å². The van der Waals surface area contributed by atoms with Gasteiger partial charge in [-0.1, -0.05) is 13.0 Å². The van der Waals surface area contributed by atoms with Crippen LogP contribution in [0.25, 0.3) is 11.3 Å². The van der Waals surface area contributed by atoms with Crippen LogP contribution in [0.1, 0.15) is 42.4 Å². The first-order valence-electron chi connectivity index (χ1n) is 11.7. The molecule has 0 unspecified atom stereocenters. The van der Waals surface area contributed by atoms with E-state index in [1.54, 1.807) is 29.2 Å². The van der Waals surface area contributed by atoms with Gasteiger partial charge in [0, 0.05) is 24.7 Å². The predicted octanol–water partition coefficient (Wildman–Crippen LogP) is 4.29. The molecule has 3 aromatic heterocycles. The van der Waals surface area contributed by atoms with Gasteiger partial charge in [0.1, 0.15) is 5.69 Å². The lowest BCUT2D eigenvalue weighted by Crippen LogP contribution is -2.26. The molecule has 3 aromatic rings. The summed E-state index contributed by atoms with van der Waals surface area (Å²) in [4.78, 5) is 34.4. The van der Waals surface area contributed by atoms with E-state index in [4.69, 9.17) is 0 Å². The maximum Gasteiger partial charge on any atom is 0.435 e. The second kappa shape index (κ2) is 8.99. The first-order valence-corrected chi connectivity index (χ1v) is 11.7. The molecule has 12 heteroatoms. The lowest BCUT2D eigenvalue weighted by Gasteiger charge is -2.19. The van der Waals surface area contributed by atoms with Crippen LogP contribution < -0.4 is 10.2 Å². The molecule has 37 heavy (non-hydrogen) atoms. The SMILES string of the molecule is C[C@H]1CC(=O)N(c2cnc(C(F)(F)F)c(NC(=O)c3cccc(-c4cnn(CC5(C#N)CC5)c4)n3)c2)C1. The molecule has 190 valence electrons. The molecule has 4 heterocycles. The molecule has 5 rings (SSSR count). The number of halogens is 3. The third-order valence-electron chi connectivity index (χ3n) is 6.49. The fourth-order valence-corrected chi connectivity index (χ4v) is 4.32. The van der Waals surface area contributed by atoms with Crippen molar-refractivity contribution in [2.45, 2.75) is 38.9 Å². The topological polar surface area (TPSA) is 117 Å². The molecular formula is C25H22F3N7O2. The van der Waals surface area contributed by atoms with Crippen LogP contribution in [0.2, 0.25) is 0 Å². The summed E-state index contributed by atoms with van der Waals surface area (Å²) in [6, 6.07) is 8.01. The number of nitriles is 1. The molecule has 0 radical (unpaired) electrons. The molecule has 2 aliphatic rings. The fraction of sp³-hybridized carbons (Fsp3) is 0.360. The fourth-order valence-electron chi connectivity index (χ4n) is 4.32. The van der Waals surface area contributed by atoms with Crippen LogP contribution in [0.4, 0.5) is 24.5 Å². The van der Waals surface area contributed by atoms with Crippen molar-refractivity contribution >= 4 is 23.2 Å². The van der Waals surface area contributed by atoms with Gasteiger partial charge in [0.25, 0.3) is 5.91 Å². The smallest absolute Gasteiger partial charge is 0.319 e. The standard InChI is InChI=1S/C25H22F3N7O2/c1-15-7-21(36)35(11-15)17-8-20(22(30-10-17)25(26,27)28)33-23(37)19-4-2-3-18(32-19)16-9-31-34(12-16)14-24(13-29)5-6-24/h2-4,8-10,12,15H,5-7,11,14H2,1H3,(H,33,37)/t15-/m0/s1. The highest BCUT2D eigenvalue weighted by Crippen LogP contribution is 2.46. The molecule has 1 atom stereocenters. The summed E-state index contributed by atoms with van der Waals surface area (Å²) in [5.74, 6) is -1.02. The van der Waals surface area contributed by atoms with Gasteiger partial charge in [-0.15, -0.1) is 0 Å². The van der Waals surface area contributed by atoms with Crippen LogP contribution >= 0.6 is 0 Å². The van der Waals surface area contributed by atoms with Crippen LogP contribution in [0, 0.1) is 22.7 Å². The largest absolute Gasteiger partial charge is 0.435 e. The number of aromatic nitrogens is 4.